The Morgan fingerprint density at radius 2 is 2.16 bits per heavy atom. The molecular weight excluding hydrogens is 460 g/mol. The zero-order valence-electron chi connectivity index (χ0n) is 16.7. The number of thioether (sulfide) groups is 1. The van der Waals surface area contributed by atoms with Crippen molar-refractivity contribution in [1.29, 1.82) is 0 Å². The minimum atomic E-state index is -0.502. The average molecular weight is 481 g/mol. The molecule has 31 heavy (non-hydrogen) atoms. The molecule has 3 aromatic rings. The van der Waals surface area contributed by atoms with Gasteiger partial charge < -0.3 is 24.1 Å². The molecule has 1 fully saturated rings. The van der Waals surface area contributed by atoms with Crippen LogP contribution < -0.4 is 10.2 Å². The lowest BCUT2D eigenvalue weighted by Crippen LogP contribution is -2.36. The third-order valence-corrected chi connectivity index (χ3v) is 7.33. The SMILES string of the molecule is CCOC(=O)c1c(-c2ccco2)csc1NC(=O)CSc1nnc(N2CCOCC2)s1. The predicted molar refractivity (Wildman–Crippen MR) is 120 cm³/mol. The number of carbonyl (C=O) groups excluding carboxylic acids is 2. The van der Waals surface area contributed by atoms with Crippen LogP contribution in [0.25, 0.3) is 11.3 Å². The van der Waals surface area contributed by atoms with Crippen LogP contribution in [-0.2, 0) is 14.3 Å². The summed E-state index contributed by atoms with van der Waals surface area (Å²) >= 11 is 4.01. The molecule has 1 N–H and O–H groups in total. The number of ether oxygens (including phenoxy) is 2. The van der Waals surface area contributed by atoms with Gasteiger partial charge in [-0.25, -0.2) is 4.79 Å². The van der Waals surface area contributed by atoms with Crippen LogP contribution in [0.4, 0.5) is 10.1 Å². The number of hydrogen-bond donors (Lipinski definition) is 1. The van der Waals surface area contributed by atoms with Crippen LogP contribution in [0.2, 0.25) is 0 Å². The Kier molecular flexibility index (Phi) is 7.22. The van der Waals surface area contributed by atoms with Gasteiger partial charge in [-0.1, -0.05) is 23.1 Å². The lowest BCUT2D eigenvalue weighted by molar-refractivity contribution is -0.113. The molecule has 0 spiro atoms. The maximum absolute atomic E-state index is 12.6. The second kappa shape index (κ2) is 10.3. The first kappa shape index (κ1) is 21.8. The highest BCUT2D eigenvalue weighted by molar-refractivity contribution is 8.01. The number of morpholine rings is 1. The summed E-state index contributed by atoms with van der Waals surface area (Å²) in [5.41, 5.74) is 0.890. The van der Waals surface area contributed by atoms with E-state index in [0.717, 1.165) is 18.2 Å². The monoisotopic (exact) mass is 480 g/mol. The topological polar surface area (TPSA) is 107 Å². The van der Waals surface area contributed by atoms with E-state index in [2.05, 4.69) is 20.4 Å². The van der Waals surface area contributed by atoms with E-state index < -0.39 is 5.97 Å². The Hall–Kier alpha value is -2.41. The smallest absolute Gasteiger partial charge is 0.341 e. The van der Waals surface area contributed by atoms with E-state index in [0.29, 0.717) is 39.4 Å². The van der Waals surface area contributed by atoms with Gasteiger partial charge in [0.25, 0.3) is 0 Å². The van der Waals surface area contributed by atoms with Gasteiger partial charge in [0.05, 0.1) is 31.8 Å². The Labute approximate surface area is 190 Å². The van der Waals surface area contributed by atoms with Gasteiger partial charge in [-0.2, -0.15) is 0 Å². The van der Waals surface area contributed by atoms with Crippen LogP contribution in [-0.4, -0.2) is 60.7 Å². The fourth-order valence-electron chi connectivity index (χ4n) is 2.90. The van der Waals surface area contributed by atoms with E-state index in [-0.39, 0.29) is 18.3 Å². The highest BCUT2D eigenvalue weighted by Crippen LogP contribution is 2.37. The Bertz CT molecular complexity index is 1030. The van der Waals surface area contributed by atoms with Crippen molar-refractivity contribution in [2.45, 2.75) is 11.3 Å². The van der Waals surface area contributed by atoms with Crippen molar-refractivity contribution >= 4 is 56.4 Å². The summed E-state index contributed by atoms with van der Waals surface area (Å²) in [6.45, 7) is 4.89. The number of hydrogen-bond acceptors (Lipinski definition) is 11. The van der Waals surface area contributed by atoms with Gasteiger partial charge in [0, 0.05) is 24.0 Å². The van der Waals surface area contributed by atoms with E-state index in [1.54, 1.807) is 24.4 Å². The molecule has 0 saturated carbocycles. The van der Waals surface area contributed by atoms with E-state index in [9.17, 15) is 9.59 Å². The number of carbonyl (C=O) groups is 2. The number of esters is 1. The van der Waals surface area contributed by atoms with Gasteiger partial charge in [-0.05, 0) is 19.1 Å². The van der Waals surface area contributed by atoms with Gasteiger partial charge in [-0.3, -0.25) is 4.79 Å². The lowest BCUT2D eigenvalue weighted by atomic mass is 10.1. The van der Waals surface area contributed by atoms with E-state index in [1.165, 1.54) is 40.7 Å². The number of furan rings is 1. The summed E-state index contributed by atoms with van der Waals surface area (Å²) in [6, 6.07) is 3.50. The van der Waals surface area contributed by atoms with Crippen LogP contribution in [0.3, 0.4) is 0 Å². The Morgan fingerprint density at radius 3 is 2.90 bits per heavy atom. The highest BCUT2D eigenvalue weighted by Gasteiger charge is 2.24. The van der Waals surface area contributed by atoms with Crippen molar-refractivity contribution in [3.05, 3.63) is 29.3 Å². The molecule has 0 aliphatic carbocycles. The molecule has 12 heteroatoms. The van der Waals surface area contributed by atoms with Crippen LogP contribution in [0.5, 0.6) is 0 Å². The first-order chi connectivity index (χ1) is 15.2. The van der Waals surface area contributed by atoms with Crippen LogP contribution in [0.1, 0.15) is 17.3 Å². The first-order valence-electron chi connectivity index (χ1n) is 9.57. The predicted octanol–water partition coefficient (Wildman–Crippen LogP) is 3.60. The third-order valence-electron chi connectivity index (χ3n) is 4.31. The number of anilines is 2. The van der Waals surface area contributed by atoms with Crippen molar-refractivity contribution in [3.8, 4) is 11.3 Å². The fourth-order valence-corrected chi connectivity index (χ4v) is 5.55. The Morgan fingerprint density at radius 1 is 1.32 bits per heavy atom. The zero-order chi connectivity index (χ0) is 21.6. The minimum absolute atomic E-state index is 0.147. The summed E-state index contributed by atoms with van der Waals surface area (Å²) < 4.78 is 16.7. The molecule has 4 rings (SSSR count). The van der Waals surface area contributed by atoms with Crippen LogP contribution >= 0.6 is 34.4 Å². The van der Waals surface area contributed by atoms with Gasteiger partial charge in [0.1, 0.15) is 16.3 Å². The van der Waals surface area contributed by atoms with Crippen molar-refractivity contribution in [3.63, 3.8) is 0 Å². The zero-order valence-corrected chi connectivity index (χ0v) is 19.1. The number of rotatable bonds is 8. The second-order valence-corrected chi connectivity index (χ2v) is 9.40. The summed E-state index contributed by atoms with van der Waals surface area (Å²) in [4.78, 5) is 27.2. The third kappa shape index (κ3) is 5.26. The quantitative estimate of drug-likeness (QED) is 0.382. The minimum Gasteiger partial charge on any atom is -0.464 e. The first-order valence-corrected chi connectivity index (χ1v) is 12.2. The molecule has 0 radical (unpaired) electrons. The largest absolute Gasteiger partial charge is 0.464 e. The molecule has 164 valence electrons. The molecule has 4 heterocycles. The summed E-state index contributed by atoms with van der Waals surface area (Å²) in [5, 5.41) is 14.2. The van der Waals surface area contributed by atoms with E-state index in [1.807, 2.05) is 0 Å². The standard InChI is InChI=1S/C19H20N4O5S3/c1-2-27-17(25)15-12(13-4-3-7-28-13)10-29-16(15)20-14(24)11-30-19-22-21-18(31-19)23-5-8-26-9-6-23/h3-4,7,10H,2,5-6,8-9,11H2,1H3,(H,20,24). The maximum Gasteiger partial charge on any atom is 0.341 e. The molecule has 0 unspecified atom stereocenters. The van der Waals surface area contributed by atoms with E-state index >= 15 is 0 Å². The number of amides is 1. The molecule has 1 saturated heterocycles. The van der Waals surface area contributed by atoms with Crippen molar-refractivity contribution in [2.24, 2.45) is 0 Å². The average Bonchev–Trinajstić information content (AvgIpc) is 3.53. The summed E-state index contributed by atoms with van der Waals surface area (Å²) in [6.07, 6.45) is 1.53. The number of nitrogens with zero attached hydrogens (tertiary/aromatic N) is 3. The lowest BCUT2D eigenvalue weighted by Gasteiger charge is -2.25. The van der Waals surface area contributed by atoms with Crippen LogP contribution in [0, 0.1) is 0 Å². The molecule has 0 aromatic carbocycles. The van der Waals surface area contributed by atoms with Gasteiger partial charge in [0.2, 0.25) is 11.0 Å². The van der Waals surface area contributed by atoms with Crippen molar-refractivity contribution in [2.75, 3.05) is 48.9 Å². The highest BCUT2D eigenvalue weighted by atomic mass is 32.2. The molecular formula is C19H20N4O5S3. The van der Waals surface area contributed by atoms with Crippen molar-refractivity contribution < 1.29 is 23.5 Å². The Balaban J connectivity index is 1.40. The summed E-state index contributed by atoms with van der Waals surface area (Å²) in [7, 11) is 0. The number of thiophene rings is 1. The van der Waals surface area contributed by atoms with Gasteiger partial charge >= 0.3 is 5.97 Å². The van der Waals surface area contributed by atoms with Gasteiger partial charge in [-0.15, -0.1) is 21.5 Å². The molecule has 3 aromatic heterocycles. The van der Waals surface area contributed by atoms with Crippen LogP contribution in [0.15, 0.2) is 32.5 Å². The second-order valence-electron chi connectivity index (χ2n) is 6.34. The number of nitrogens with one attached hydrogen (secondary N) is 1. The fraction of sp³-hybridized carbons (Fsp3) is 0.368. The normalized spacial score (nSPS) is 13.9. The maximum atomic E-state index is 12.6. The van der Waals surface area contributed by atoms with Gasteiger partial charge in [0.15, 0.2) is 4.34 Å². The molecule has 1 aliphatic heterocycles. The molecule has 0 bridgehead atoms. The number of aromatic nitrogens is 2. The summed E-state index contributed by atoms with van der Waals surface area (Å²) in [5.74, 6) is -0.0591. The van der Waals surface area contributed by atoms with Crippen molar-refractivity contribution in [1.82, 2.24) is 10.2 Å². The molecule has 0 atom stereocenters. The molecule has 1 aliphatic rings. The molecule has 9 nitrogen and oxygen atoms in total. The van der Waals surface area contributed by atoms with E-state index in [4.69, 9.17) is 13.9 Å². The molecule has 1 amide bonds.